The van der Waals surface area contributed by atoms with Crippen molar-refractivity contribution in [3.05, 3.63) is 46.2 Å². The molecule has 2 aromatic rings. The molecule has 1 N–H and O–H groups in total. The highest BCUT2D eigenvalue weighted by atomic mass is 32.1. The number of aryl methyl sites for hydroxylation is 1. The van der Waals surface area contributed by atoms with Crippen LogP contribution in [-0.2, 0) is 0 Å². The number of para-hydroxylation sites is 2. The van der Waals surface area contributed by atoms with E-state index in [-0.39, 0.29) is 6.04 Å². The third-order valence-electron chi connectivity index (χ3n) is 2.70. The van der Waals surface area contributed by atoms with Crippen LogP contribution in [0.2, 0.25) is 0 Å². The molecule has 3 nitrogen and oxygen atoms in total. The summed E-state index contributed by atoms with van der Waals surface area (Å²) in [6.45, 7) is 2.01. The molecule has 18 heavy (non-hydrogen) atoms. The second-order valence-corrected chi connectivity index (χ2v) is 4.82. The van der Waals surface area contributed by atoms with Gasteiger partial charge < -0.3 is 10.1 Å². The molecule has 0 saturated carbocycles. The minimum Gasteiger partial charge on any atom is -0.495 e. The molecule has 0 aliphatic carbocycles. The fourth-order valence-electron chi connectivity index (χ4n) is 1.76. The van der Waals surface area contributed by atoms with Gasteiger partial charge in [0.1, 0.15) is 11.8 Å². The molecule has 2 rings (SSSR count). The lowest BCUT2D eigenvalue weighted by molar-refractivity contribution is 0.416. The number of anilines is 1. The van der Waals surface area contributed by atoms with Crippen LogP contribution in [0.25, 0.3) is 0 Å². The molecule has 0 bridgehead atoms. The summed E-state index contributed by atoms with van der Waals surface area (Å²) in [6, 6.07) is 11.6. The molecule has 0 spiro atoms. The second-order valence-electron chi connectivity index (χ2n) is 3.87. The van der Waals surface area contributed by atoms with E-state index in [1.807, 2.05) is 42.6 Å². The summed E-state index contributed by atoms with van der Waals surface area (Å²) in [5, 5.41) is 14.5. The van der Waals surface area contributed by atoms with Crippen molar-refractivity contribution in [2.75, 3.05) is 12.4 Å². The van der Waals surface area contributed by atoms with E-state index in [0.717, 1.165) is 21.9 Å². The lowest BCUT2D eigenvalue weighted by Crippen LogP contribution is -2.08. The zero-order valence-corrected chi connectivity index (χ0v) is 11.1. The molecule has 1 unspecified atom stereocenters. The molecule has 1 aromatic carbocycles. The lowest BCUT2D eigenvalue weighted by atomic mass is 10.1. The number of hydrogen-bond acceptors (Lipinski definition) is 4. The predicted octanol–water partition coefficient (Wildman–Crippen LogP) is 3.74. The largest absolute Gasteiger partial charge is 0.495 e. The zero-order chi connectivity index (χ0) is 13.0. The first kappa shape index (κ1) is 12.5. The first-order valence-electron chi connectivity index (χ1n) is 5.59. The molecule has 0 aliphatic rings. The van der Waals surface area contributed by atoms with Gasteiger partial charge in [-0.2, -0.15) is 5.26 Å². The maximum atomic E-state index is 9.30. The highest BCUT2D eigenvalue weighted by Crippen LogP contribution is 2.30. The number of nitriles is 1. The van der Waals surface area contributed by atoms with E-state index in [2.05, 4.69) is 11.4 Å². The molecule has 4 heteroatoms. The van der Waals surface area contributed by atoms with Gasteiger partial charge in [-0.1, -0.05) is 12.1 Å². The summed E-state index contributed by atoms with van der Waals surface area (Å²) in [5.74, 6) is 0.743. The third kappa shape index (κ3) is 2.47. The van der Waals surface area contributed by atoms with E-state index in [9.17, 15) is 5.26 Å². The molecule has 1 aromatic heterocycles. The van der Waals surface area contributed by atoms with Crippen molar-refractivity contribution < 1.29 is 4.74 Å². The van der Waals surface area contributed by atoms with Gasteiger partial charge >= 0.3 is 0 Å². The third-order valence-corrected chi connectivity index (χ3v) is 3.78. The number of thiophene rings is 1. The quantitative estimate of drug-likeness (QED) is 0.908. The molecule has 92 valence electrons. The SMILES string of the molecule is COc1ccccc1NC(C#N)c1sccc1C. The molecular weight excluding hydrogens is 244 g/mol. The first-order valence-corrected chi connectivity index (χ1v) is 6.47. The van der Waals surface area contributed by atoms with Gasteiger partial charge in [-0.3, -0.25) is 0 Å². The van der Waals surface area contributed by atoms with E-state index in [1.54, 1.807) is 18.4 Å². The first-order chi connectivity index (χ1) is 8.76. The van der Waals surface area contributed by atoms with Gasteiger partial charge in [0.05, 0.1) is 18.9 Å². The fraction of sp³-hybridized carbons (Fsp3) is 0.214. The highest BCUT2D eigenvalue weighted by Gasteiger charge is 2.15. The van der Waals surface area contributed by atoms with Crippen molar-refractivity contribution in [2.45, 2.75) is 13.0 Å². The van der Waals surface area contributed by atoms with Crippen molar-refractivity contribution in [1.82, 2.24) is 0 Å². The number of methoxy groups -OCH3 is 1. The Kier molecular flexibility index (Phi) is 3.85. The Morgan fingerprint density at radius 1 is 1.33 bits per heavy atom. The number of benzene rings is 1. The van der Waals surface area contributed by atoms with Gasteiger partial charge in [0.25, 0.3) is 0 Å². The molecule has 0 aliphatic heterocycles. The Morgan fingerprint density at radius 3 is 2.72 bits per heavy atom. The Balaban J connectivity index is 2.27. The minimum absolute atomic E-state index is 0.346. The monoisotopic (exact) mass is 258 g/mol. The van der Waals surface area contributed by atoms with Crippen molar-refractivity contribution in [2.24, 2.45) is 0 Å². The van der Waals surface area contributed by atoms with Crippen LogP contribution in [0.4, 0.5) is 5.69 Å². The van der Waals surface area contributed by atoms with Crippen LogP contribution in [0.1, 0.15) is 16.5 Å². The minimum atomic E-state index is -0.346. The van der Waals surface area contributed by atoms with Crippen LogP contribution in [0.15, 0.2) is 35.7 Å². The average Bonchev–Trinajstić information content (AvgIpc) is 2.82. The zero-order valence-electron chi connectivity index (χ0n) is 10.3. The maximum Gasteiger partial charge on any atom is 0.149 e. The fourth-order valence-corrected chi connectivity index (χ4v) is 2.68. The average molecular weight is 258 g/mol. The molecule has 1 heterocycles. The van der Waals surface area contributed by atoms with Crippen molar-refractivity contribution in [1.29, 1.82) is 5.26 Å². The Labute approximate surface area is 111 Å². The van der Waals surface area contributed by atoms with Gasteiger partial charge in [-0.25, -0.2) is 0 Å². The van der Waals surface area contributed by atoms with Crippen LogP contribution >= 0.6 is 11.3 Å². The van der Waals surface area contributed by atoms with Crippen molar-refractivity contribution >= 4 is 17.0 Å². The van der Waals surface area contributed by atoms with Gasteiger partial charge in [0, 0.05) is 4.88 Å². The Hall–Kier alpha value is -1.99. The highest BCUT2D eigenvalue weighted by molar-refractivity contribution is 7.10. The van der Waals surface area contributed by atoms with E-state index >= 15 is 0 Å². The number of hydrogen-bond donors (Lipinski definition) is 1. The summed E-state index contributed by atoms with van der Waals surface area (Å²) in [7, 11) is 1.62. The summed E-state index contributed by atoms with van der Waals surface area (Å²) < 4.78 is 5.27. The predicted molar refractivity (Wildman–Crippen MR) is 74.0 cm³/mol. The number of nitrogens with zero attached hydrogens (tertiary/aromatic N) is 1. The summed E-state index contributed by atoms with van der Waals surface area (Å²) in [5.41, 5.74) is 1.97. The maximum absolute atomic E-state index is 9.30. The van der Waals surface area contributed by atoms with Crippen LogP contribution < -0.4 is 10.1 Å². The van der Waals surface area contributed by atoms with Crippen molar-refractivity contribution in [3.8, 4) is 11.8 Å². The molecule has 0 amide bonds. The smallest absolute Gasteiger partial charge is 0.149 e. The Bertz CT molecular complexity index is 571. The molecular formula is C14H14N2OS. The molecule has 1 atom stereocenters. The van der Waals surface area contributed by atoms with Crippen LogP contribution in [-0.4, -0.2) is 7.11 Å². The van der Waals surface area contributed by atoms with E-state index in [0.29, 0.717) is 0 Å². The van der Waals surface area contributed by atoms with Crippen LogP contribution in [0, 0.1) is 18.3 Å². The van der Waals surface area contributed by atoms with Crippen molar-refractivity contribution in [3.63, 3.8) is 0 Å². The van der Waals surface area contributed by atoms with Gasteiger partial charge in [0.2, 0.25) is 0 Å². The normalized spacial score (nSPS) is 11.6. The van der Waals surface area contributed by atoms with Gasteiger partial charge in [0.15, 0.2) is 0 Å². The van der Waals surface area contributed by atoms with E-state index in [1.165, 1.54) is 0 Å². The second kappa shape index (κ2) is 5.56. The van der Waals surface area contributed by atoms with Crippen LogP contribution in [0.3, 0.4) is 0 Å². The number of rotatable bonds is 4. The Morgan fingerprint density at radius 2 is 2.11 bits per heavy atom. The summed E-state index contributed by atoms with van der Waals surface area (Å²) in [6.07, 6.45) is 0. The summed E-state index contributed by atoms with van der Waals surface area (Å²) >= 11 is 1.59. The van der Waals surface area contributed by atoms with E-state index in [4.69, 9.17) is 4.74 Å². The molecule has 0 saturated heterocycles. The standard InChI is InChI=1S/C14H14N2OS/c1-10-7-8-18-14(10)12(9-15)16-11-5-3-4-6-13(11)17-2/h3-8,12,16H,1-2H3. The topological polar surface area (TPSA) is 45.0 Å². The number of nitrogens with one attached hydrogen (secondary N) is 1. The van der Waals surface area contributed by atoms with Gasteiger partial charge in [-0.15, -0.1) is 11.3 Å². The van der Waals surface area contributed by atoms with Gasteiger partial charge in [-0.05, 0) is 36.1 Å². The molecule has 0 radical (unpaired) electrons. The molecule has 0 fully saturated rings. The van der Waals surface area contributed by atoms with Crippen LogP contribution in [0.5, 0.6) is 5.75 Å². The van der Waals surface area contributed by atoms with E-state index < -0.39 is 0 Å². The summed E-state index contributed by atoms with van der Waals surface area (Å²) in [4.78, 5) is 1.04. The lowest BCUT2D eigenvalue weighted by Gasteiger charge is -2.15. The number of ether oxygens (including phenoxy) is 1.